The van der Waals surface area contributed by atoms with Crippen LogP contribution >= 0.6 is 0 Å². The van der Waals surface area contributed by atoms with Gasteiger partial charge in [0.2, 0.25) is 29.4 Å². The predicted octanol–water partition coefficient (Wildman–Crippen LogP) is 16.6. The minimum atomic E-state index is -4.87. The Bertz CT molecular complexity index is 7090. The predicted molar refractivity (Wildman–Crippen MR) is 455 cm³/mol. The van der Waals surface area contributed by atoms with E-state index < -0.39 is 56.0 Å². The van der Waals surface area contributed by atoms with Crippen LogP contribution in [0.2, 0.25) is 0 Å². The molecule has 0 amide bonds. The Kier molecular flexibility index (Phi) is 25.2. The first-order valence-corrected chi connectivity index (χ1v) is 38.8. The second kappa shape index (κ2) is 37.3. The molecule has 0 spiro atoms. The fraction of sp³-hybridized carbons (Fsp3) is 0.156. The molecule has 0 aliphatic carbocycles. The number of alkyl halides is 9. The summed E-state index contributed by atoms with van der Waals surface area (Å²) in [5.41, 5.74) is 10.1. The van der Waals surface area contributed by atoms with Gasteiger partial charge in [0, 0.05) is 91.7 Å². The lowest BCUT2D eigenvalue weighted by atomic mass is 10.1. The molecule has 37 heteroatoms. The van der Waals surface area contributed by atoms with E-state index in [9.17, 15) is 58.7 Å². The summed E-state index contributed by atoms with van der Waals surface area (Å²) < 4.78 is 151. The molecule has 12 aromatic heterocycles. The monoisotopic (exact) mass is 1730 g/mol. The highest BCUT2D eigenvalue weighted by Crippen LogP contribution is 2.34. The van der Waals surface area contributed by atoms with Crippen molar-refractivity contribution in [2.45, 2.75) is 53.5 Å². The number of nitrogens with zero attached hydrogens (tertiary/aromatic N) is 18. The highest BCUT2D eigenvalue weighted by Gasteiger charge is 2.32. The number of aryl methyl sites for hydroxylation is 4. The van der Waals surface area contributed by atoms with Gasteiger partial charge in [-0.2, -0.15) is 58.1 Å². The number of aromatic nitrogens is 18. The minimum absolute atomic E-state index is 0.000985. The molecule has 0 aliphatic rings. The van der Waals surface area contributed by atoms with Gasteiger partial charge in [0.15, 0.2) is 13.2 Å². The maximum atomic E-state index is 13.6. The SMILES string of the molecule is CCOc1ccc2nn(-c3ccc(C)cc3)c(=O)c(-c3ccc(OC(F)(F)F)nc3)c2n1.CCOc1ccc2nn(-c3ccc(C)cc3)c(=O)c(-c3ccc(OC(F)F)cc3)c2n1.Cn1cc2cc(-n3nc4ccc(OCC(F)F)nc4c(-c4ccccc4)c3=O)ccc2n1.Cn1cc2cc(-n3nc4ccc(OCC(F)F)nc4c(-c4ccncc4)c3=O)ccc2n1. The summed E-state index contributed by atoms with van der Waals surface area (Å²) in [5, 5.41) is 28.3. The standard InChI is InChI=1S/C23H17F2N5O2.C23H19F2N3O3.C22H17F3N4O3.C22H16F2N6O2/c1-29-12-15-11-16(7-8-17(15)27-29)30-23(31)21(14-5-3-2-4-6-14)22-18(28-30)9-10-20(26-22)32-13-19(24)25;1-3-30-19-13-12-18-21(26-19)20(15-6-10-17(11-7-15)31-23(24)25)22(29)28(27-18)16-8-4-14(2)5-9-16;1-3-31-18-11-9-16-20(27-18)19(14-6-10-17(26-12-14)32-22(23,24)25)21(30)29(28-16)15-7-4-13(2)5-8-15;1-29-11-14-10-15(2-3-16(14)27-29)30-22(31)20(13-6-8-25-9-7-13)21-17(28-30)4-5-19(26-21)32-12-18(23)24/h2-12,19H,13H2,1H3;4-13,23H,3H2,1-2H3;4-12H,3H2,1-2H3;2-11,18H,12H2,1H3. The van der Waals surface area contributed by atoms with Crippen LogP contribution in [0.4, 0.5) is 39.5 Å². The van der Waals surface area contributed by atoms with Crippen molar-refractivity contribution < 1.29 is 67.9 Å². The normalized spacial score (nSPS) is 11.4. The Labute approximate surface area is 711 Å². The lowest BCUT2D eigenvalue weighted by Gasteiger charge is -2.12. The van der Waals surface area contributed by atoms with Gasteiger partial charge in [-0.25, -0.2) is 42.5 Å². The van der Waals surface area contributed by atoms with E-state index in [-0.39, 0.29) is 67.4 Å². The Balaban J connectivity index is 0.000000130. The van der Waals surface area contributed by atoms with E-state index in [4.69, 9.17) is 18.9 Å². The van der Waals surface area contributed by atoms with Gasteiger partial charge >= 0.3 is 13.0 Å². The van der Waals surface area contributed by atoms with Gasteiger partial charge in [-0.1, -0.05) is 77.9 Å². The Morgan fingerprint density at radius 3 is 1.09 bits per heavy atom. The molecule has 28 nitrogen and oxygen atoms in total. The van der Waals surface area contributed by atoms with Crippen LogP contribution in [-0.2, 0) is 14.1 Å². The highest BCUT2D eigenvalue weighted by molar-refractivity contribution is 5.95. The summed E-state index contributed by atoms with van der Waals surface area (Å²) >= 11 is 0. The number of benzene rings is 6. The average molecular weight is 1730 g/mol. The number of hydrogen-bond donors (Lipinski definition) is 0. The van der Waals surface area contributed by atoms with Gasteiger partial charge in [0.05, 0.1) is 69.3 Å². The number of pyridine rings is 6. The molecule has 0 atom stereocenters. The van der Waals surface area contributed by atoms with Gasteiger partial charge in [0.1, 0.15) is 49.9 Å². The molecule has 0 fully saturated rings. The number of rotatable bonds is 21. The van der Waals surface area contributed by atoms with Crippen molar-refractivity contribution in [2.24, 2.45) is 14.1 Å². The molecular weight excluding hydrogens is 1660 g/mol. The van der Waals surface area contributed by atoms with E-state index >= 15 is 0 Å². The topological polar surface area (TPSA) is 308 Å². The van der Waals surface area contributed by atoms with Crippen molar-refractivity contribution >= 4 is 65.9 Å². The van der Waals surface area contributed by atoms with Crippen LogP contribution < -0.4 is 50.7 Å². The number of halogens is 9. The van der Waals surface area contributed by atoms with Crippen molar-refractivity contribution in [1.82, 2.24) is 88.6 Å². The Morgan fingerprint density at radius 2 is 0.717 bits per heavy atom. The smallest absolute Gasteiger partial charge is 0.478 e. The zero-order valence-electron chi connectivity index (χ0n) is 67.7. The van der Waals surface area contributed by atoms with Gasteiger partial charge in [-0.15, -0.1) is 13.2 Å². The second-order valence-corrected chi connectivity index (χ2v) is 27.9. The number of fused-ring (bicyclic) bond motifs is 6. The van der Waals surface area contributed by atoms with E-state index in [2.05, 4.69) is 70.0 Å². The fourth-order valence-corrected chi connectivity index (χ4v) is 13.4. The molecule has 18 rings (SSSR count). The zero-order chi connectivity index (χ0) is 89.3. The molecule has 0 bridgehead atoms. The largest absolute Gasteiger partial charge is 0.574 e. The third kappa shape index (κ3) is 19.7. The summed E-state index contributed by atoms with van der Waals surface area (Å²) in [4.78, 5) is 79.2. The van der Waals surface area contributed by atoms with Crippen molar-refractivity contribution in [2.75, 3.05) is 26.4 Å². The molecule has 127 heavy (non-hydrogen) atoms. The van der Waals surface area contributed by atoms with Crippen molar-refractivity contribution in [1.29, 1.82) is 0 Å². The zero-order valence-corrected chi connectivity index (χ0v) is 67.7. The molecule has 0 aliphatic heterocycles. The lowest BCUT2D eigenvalue weighted by Crippen LogP contribution is -2.24. The van der Waals surface area contributed by atoms with Gasteiger partial charge in [0.25, 0.3) is 35.1 Å². The van der Waals surface area contributed by atoms with Gasteiger partial charge < -0.3 is 28.4 Å². The average Bonchev–Trinajstić information content (AvgIpc) is 1.59. The van der Waals surface area contributed by atoms with Crippen LogP contribution in [0.5, 0.6) is 35.1 Å². The van der Waals surface area contributed by atoms with E-state index in [0.29, 0.717) is 97.6 Å². The third-order valence-electron chi connectivity index (χ3n) is 19.0. The molecule has 642 valence electrons. The number of ether oxygens (including phenoxy) is 6. The highest BCUT2D eigenvalue weighted by atomic mass is 19.4. The molecule has 0 N–H and O–H groups in total. The summed E-state index contributed by atoms with van der Waals surface area (Å²) in [5.74, 6) is 0.0126. The molecule has 12 heterocycles. The maximum absolute atomic E-state index is 13.6. The Morgan fingerprint density at radius 1 is 0.370 bits per heavy atom. The lowest BCUT2D eigenvalue weighted by molar-refractivity contribution is -0.276. The van der Waals surface area contributed by atoms with Crippen LogP contribution in [0, 0.1) is 13.8 Å². The van der Waals surface area contributed by atoms with Crippen LogP contribution in [0.15, 0.2) is 262 Å². The molecule has 0 saturated carbocycles. The van der Waals surface area contributed by atoms with Crippen LogP contribution in [-0.4, -0.2) is 141 Å². The second-order valence-electron chi connectivity index (χ2n) is 27.9. The van der Waals surface area contributed by atoms with E-state index in [1.54, 1.807) is 138 Å². The first kappa shape index (κ1) is 85.9. The molecule has 6 aromatic carbocycles. The molecule has 0 saturated heterocycles. The van der Waals surface area contributed by atoms with Crippen molar-refractivity contribution in [3.63, 3.8) is 0 Å². The first-order chi connectivity index (χ1) is 61.2. The Hall–Kier alpha value is -16.1. The van der Waals surface area contributed by atoms with E-state index in [0.717, 1.165) is 45.2 Å². The van der Waals surface area contributed by atoms with Crippen molar-refractivity contribution in [3.8, 4) is 102 Å². The molecule has 0 radical (unpaired) electrons. The van der Waals surface area contributed by atoms with Gasteiger partial charge in [-0.05, 0) is 160 Å². The van der Waals surface area contributed by atoms with Crippen LogP contribution in [0.25, 0.3) is 133 Å². The quantitative estimate of drug-likeness (QED) is 0.0603. The van der Waals surface area contributed by atoms with Crippen LogP contribution in [0.1, 0.15) is 25.0 Å². The molecule has 0 unspecified atom stereocenters. The minimum Gasteiger partial charge on any atom is -0.478 e. The summed E-state index contributed by atoms with van der Waals surface area (Å²) in [6.45, 7) is 3.78. The number of hydrogen-bond acceptors (Lipinski definition) is 22. The van der Waals surface area contributed by atoms with Crippen LogP contribution in [0.3, 0.4) is 0 Å². The fourth-order valence-electron chi connectivity index (χ4n) is 13.4. The molecular formula is C90H69F9N18O10. The summed E-state index contributed by atoms with van der Waals surface area (Å²) in [6.07, 6.45) is -2.18. The summed E-state index contributed by atoms with van der Waals surface area (Å²) in [6, 6.07) is 58.9. The van der Waals surface area contributed by atoms with E-state index in [1.807, 2.05) is 114 Å². The van der Waals surface area contributed by atoms with Gasteiger partial charge in [-0.3, -0.25) is 33.5 Å². The van der Waals surface area contributed by atoms with E-state index in [1.165, 1.54) is 49.1 Å². The van der Waals surface area contributed by atoms with Crippen molar-refractivity contribution in [3.05, 3.63) is 296 Å². The third-order valence-corrected chi connectivity index (χ3v) is 19.0. The molecule has 18 aromatic rings. The summed E-state index contributed by atoms with van der Waals surface area (Å²) in [7, 11) is 3.65. The first-order valence-electron chi connectivity index (χ1n) is 38.8. The maximum Gasteiger partial charge on any atom is 0.574 e.